The Morgan fingerprint density at radius 1 is 1.40 bits per heavy atom. The Morgan fingerprint density at radius 3 is 2.73 bits per heavy atom. The number of allylic oxidation sites excluding steroid dienone is 3. The lowest BCUT2D eigenvalue weighted by atomic mass is 9.82. The van der Waals surface area contributed by atoms with E-state index in [2.05, 4.69) is 10.5 Å². The van der Waals surface area contributed by atoms with E-state index in [0.717, 1.165) is 0 Å². The number of nitrogens with zero attached hydrogens (tertiary/aromatic N) is 1. The Labute approximate surface area is 86.2 Å². The van der Waals surface area contributed by atoms with Gasteiger partial charge in [-0.3, -0.25) is 9.59 Å². The maximum absolute atomic E-state index is 11.4. The monoisotopic (exact) mass is 206 g/mol. The molecule has 0 radical (unpaired) electrons. The third-order valence-electron chi connectivity index (χ3n) is 2.46. The van der Waals surface area contributed by atoms with Crippen LogP contribution in [0.15, 0.2) is 29.4 Å². The molecule has 2 N–H and O–H groups in total. The molecule has 78 valence electrons. The van der Waals surface area contributed by atoms with Gasteiger partial charge in [0, 0.05) is 5.92 Å². The minimum Gasteiger partial charge on any atom is -0.481 e. The van der Waals surface area contributed by atoms with Crippen molar-refractivity contribution in [3.63, 3.8) is 0 Å². The first-order valence-electron chi connectivity index (χ1n) is 4.61. The van der Waals surface area contributed by atoms with Crippen molar-refractivity contribution in [3.8, 4) is 0 Å². The molecule has 0 spiro atoms. The third kappa shape index (κ3) is 1.81. The number of hydrazone groups is 1. The molecule has 15 heavy (non-hydrogen) atoms. The van der Waals surface area contributed by atoms with Gasteiger partial charge in [0.2, 0.25) is 5.91 Å². The van der Waals surface area contributed by atoms with Gasteiger partial charge >= 0.3 is 5.97 Å². The van der Waals surface area contributed by atoms with Crippen LogP contribution < -0.4 is 5.43 Å². The number of amides is 1. The van der Waals surface area contributed by atoms with Crippen LogP contribution in [0.4, 0.5) is 0 Å². The van der Waals surface area contributed by atoms with E-state index in [1.165, 1.54) is 0 Å². The molecule has 0 unspecified atom stereocenters. The first kappa shape index (κ1) is 9.64. The number of nitrogens with one attached hydrogen (secondary N) is 1. The van der Waals surface area contributed by atoms with Crippen LogP contribution in [-0.4, -0.2) is 22.7 Å². The molecule has 1 heterocycles. The zero-order chi connectivity index (χ0) is 10.8. The molecule has 1 amide bonds. The normalized spacial score (nSPS) is 28.0. The molecule has 0 aromatic rings. The van der Waals surface area contributed by atoms with Gasteiger partial charge in [0.05, 0.1) is 18.1 Å². The fourth-order valence-corrected chi connectivity index (χ4v) is 1.76. The van der Waals surface area contributed by atoms with Gasteiger partial charge in [0.1, 0.15) is 0 Å². The highest BCUT2D eigenvalue weighted by Crippen LogP contribution is 2.25. The molecule has 2 rings (SSSR count). The first-order valence-corrected chi connectivity index (χ1v) is 4.61. The van der Waals surface area contributed by atoms with Gasteiger partial charge in [-0.15, -0.1) is 0 Å². The van der Waals surface area contributed by atoms with E-state index in [1.807, 2.05) is 6.08 Å². The molecule has 0 bridgehead atoms. The van der Waals surface area contributed by atoms with Gasteiger partial charge in [-0.1, -0.05) is 24.3 Å². The summed E-state index contributed by atoms with van der Waals surface area (Å²) in [5, 5.41) is 12.5. The Bertz CT molecular complexity index is 395. The molecule has 0 fully saturated rings. The summed E-state index contributed by atoms with van der Waals surface area (Å²) in [6.45, 7) is 0. The predicted molar refractivity (Wildman–Crippen MR) is 53.1 cm³/mol. The number of carbonyl (C=O) groups excluding carboxylic acids is 1. The van der Waals surface area contributed by atoms with Crippen molar-refractivity contribution in [3.05, 3.63) is 24.3 Å². The van der Waals surface area contributed by atoms with Crippen molar-refractivity contribution in [1.82, 2.24) is 5.43 Å². The standard InChI is InChI=1S/C10H10N2O3/c13-9(14)5-8-6-3-1-2-4-7(6)10(15)12-11-8/h1-4,6-7H,5H2,(H,12,15)(H,13,14)/t6-,7-/m0/s1. The minimum absolute atomic E-state index is 0.139. The lowest BCUT2D eigenvalue weighted by molar-refractivity contribution is -0.136. The fourth-order valence-electron chi connectivity index (χ4n) is 1.76. The number of carboxylic acid groups (broad SMARTS) is 1. The lowest BCUT2D eigenvalue weighted by Crippen LogP contribution is -2.41. The number of aliphatic carboxylic acids is 1. The van der Waals surface area contributed by atoms with Gasteiger partial charge in [-0.2, -0.15) is 5.10 Å². The van der Waals surface area contributed by atoms with Crippen LogP contribution in [0, 0.1) is 11.8 Å². The number of carboxylic acids is 1. The van der Waals surface area contributed by atoms with E-state index in [-0.39, 0.29) is 24.2 Å². The maximum Gasteiger partial charge on any atom is 0.309 e. The number of hydrogen-bond acceptors (Lipinski definition) is 3. The minimum atomic E-state index is -0.938. The van der Waals surface area contributed by atoms with E-state index >= 15 is 0 Å². The summed E-state index contributed by atoms with van der Waals surface area (Å²) < 4.78 is 0. The van der Waals surface area contributed by atoms with Gasteiger partial charge in [0.25, 0.3) is 0 Å². The van der Waals surface area contributed by atoms with Crippen molar-refractivity contribution in [2.24, 2.45) is 16.9 Å². The molecule has 5 nitrogen and oxygen atoms in total. The molecule has 0 saturated carbocycles. The van der Waals surface area contributed by atoms with Crippen molar-refractivity contribution < 1.29 is 14.7 Å². The Morgan fingerprint density at radius 2 is 2.07 bits per heavy atom. The Balaban J connectivity index is 2.26. The van der Waals surface area contributed by atoms with Crippen molar-refractivity contribution in [1.29, 1.82) is 0 Å². The molecule has 0 aromatic carbocycles. The molecule has 0 saturated heterocycles. The SMILES string of the molecule is O=C(O)CC1=NNC(=O)[C@H]2C=CC=C[C@H]12. The lowest BCUT2D eigenvalue weighted by Gasteiger charge is -2.27. The van der Waals surface area contributed by atoms with Crippen molar-refractivity contribution in [2.45, 2.75) is 6.42 Å². The summed E-state index contributed by atoms with van der Waals surface area (Å²) in [5.74, 6) is -1.65. The van der Waals surface area contributed by atoms with E-state index in [9.17, 15) is 9.59 Å². The van der Waals surface area contributed by atoms with Crippen LogP contribution >= 0.6 is 0 Å². The Hall–Kier alpha value is -1.91. The van der Waals surface area contributed by atoms with Gasteiger partial charge < -0.3 is 5.11 Å². The van der Waals surface area contributed by atoms with Crippen LogP contribution in [0.2, 0.25) is 0 Å². The van der Waals surface area contributed by atoms with Gasteiger partial charge in [-0.25, -0.2) is 5.43 Å². The van der Waals surface area contributed by atoms with Crippen LogP contribution in [0.1, 0.15) is 6.42 Å². The average Bonchev–Trinajstić information content (AvgIpc) is 2.22. The second-order valence-corrected chi connectivity index (χ2v) is 3.47. The molecule has 5 heteroatoms. The molecule has 1 aliphatic carbocycles. The zero-order valence-corrected chi connectivity index (χ0v) is 7.88. The topological polar surface area (TPSA) is 78.8 Å². The molecule has 1 aliphatic heterocycles. The number of fused-ring (bicyclic) bond motifs is 1. The summed E-state index contributed by atoms with van der Waals surface area (Å²) in [4.78, 5) is 22.0. The second kappa shape index (κ2) is 3.68. The molecule has 2 aliphatic rings. The van der Waals surface area contributed by atoms with Crippen LogP contribution in [-0.2, 0) is 9.59 Å². The molecular weight excluding hydrogens is 196 g/mol. The number of hydrogen-bond donors (Lipinski definition) is 2. The highest BCUT2D eigenvalue weighted by Gasteiger charge is 2.33. The molecule has 2 atom stereocenters. The highest BCUT2D eigenvalue weighted by atomic mass is 16.4. The summed E-state index contributed by atoms with van der Waals surface area (Å²) >= 11 is 0. The average molecular weight is 206 g/mol. The summed E-state index contributed by atoms with van der Waals surface area (Å²) in [5.41, 5.74) is 2.83. The van der Waals surface area contributed by atoms with E-state index < -0.39 is 5.97 Å². The smallest absolute Gasteiger partial charge is 0.309 e. The van der Waals surface area contributed by atoms with Crippen molar-refractivity contribution >= 4 is 17.6 Å². The van der Waals surface area contributed by atoms with E-state index in [0.29, 0.717) is 5.71 Å². The maximum atomic E-state index is 11.4. The quantitative estimate of drug-likeness (QED) is 0.682. The number of rotatable bonds is 2. The van der Waals surface area contributed by atoms with Crippen LogP contribution in [0.5, 0.6) is 0 Å². The van der Waals surface area contributed by atoms with Crippen LogP contribution in [0.25, 0.3) is 0 Å². The third-order valence-corrected chi connectivity index (χ3v) is 2.46. The predicted octanol–water partition coefficient (Wildman–Crippen LogP) is 0.305. The highest BCUT2D eigenvalue weighted by molar-refractivity contribution is 6.05. The number of carbonyl (C=O) groups is 2. The van der Waals surface area contributed by atoms with Crippen LogP contribution in [0.3, 0.4) is 0 Å². The zero-order valence-electron chi connectivity index (χ0n) is 7.88. The van der Waals surface area contributed by atoms with Crippen molar-refractivity contribution in [2.75, 3.05) is 0 Å². The molecule has 0 aromatic heterocycles. The first-order chi connectivity index (χ1) is 7.18. The second-order valence-electron chi connectivity index (χ2n) is 3.47. The van der Waals surface area contributed by atoms with Gasteiger partial charge in [0.15, 0.2) is 0 Å². The molecular formula is C10H10N2O3. The largest absolute Gasteiger partial charge is 0.481 e. The van der Waals surface area contributed by atoms with E-state index in [4.69, 9.17) is 5.11 Å². The summed E-state index contributed by atoms with van der Waals surface area (Å²) in [7, 11) is 0. The Kier molecular flexibility index (Phi) is 2.37. The fraction of sp³-hybridized carbons (Fsp3) is 0.300. The summed E-state index contributed by atoms with van der Waals surface area (Å²) in [6.07, 6.45) is 7.02. The summed E-state index contributed by atoms with van der Waals surface area (Å²) in [6, 6.07) is 0. The van der Waals surface area contributed by atoms with E-state index in [1.54, 1.807) is 18.2 Å². The van der Waals surface area contributed by atoms with Gasteiger partial charge in [-0.05, 0) is 0 Å².